The van der Waals surface area contributed by atoms with Gasteiger partial charge in [-0.3, -0.25) is 10.1 Å². The van der Waals surface area contributed by atoms with Crippen LogP contribution in [0.2, 0.25) is 0 Å². The lowest BCUT2D eigenvalue weighted by Gasteiger charge is -2.23. The molecule has 18 heavy (non-hydrogen) atoms. The van der Waals surface area contributed by atoms with E-state index in [-0.39, 0.29) is 23.3 Å². The molecule has 2 N–H and O–H groups in total. The van der Waals surface area contributed by atoms with Crippen LogP contribution in [0.15, 0.2) is 18.2 Å². The minimum absolute atomic E-state index is 0.101. The van der Waals surface area contributed by atoms with E-state index in [4.69, 9.17) is 5.11 Å². The Labute approximate surface area is 107 Å². The second kappa shape index (κ2) is 6.35. The first-order valence-electron chi connectivity index (χ1n) is 6.08. The van der Waals surface area contributed by atoms with Crippen LogP contribution in [0.5, 0.6) is 0 Å². The Morgan fingerprint density at radius 3 is 2.61 bits per heavy atom. The van der Waals surface area contributed by atoms with E-state index in [2.05, 4.69) is 19.2 Å². The maximum Gasteiger partial charge on any atom is 0.274 e. The van der Waals surface area contributed by atoms with Crippen molar-refractivity contribution in [1.82, 2.24) is 0 Å². The monoisotopic (exact) mass is 252 g/mol. The van der Waals surface area contributed by atoms with Crippen molar-refractivity contribution in [2.75, 3.05) is 11.9 Å². The molecule has 1 atom stereocenters. The molecule has 0 radical (unpaired) electrons. The minimum Gasteiger partial charge on any atom is -0.396 e. The second-order valence-corrected chi connectivity index (χ2v) is 4.71. The van der Waals surface area contributed by atoms with Crippen molar-refractivity contribution in [3.05, 3.63) is 33.9 Å². The van der Waals surface area contributed by atoms with Crippen molar-refractivity contribution >= 4 is 11.4 Å². The van der Waals surface area contributed by atoms with Gasteiger partial charge in [-0.15, -0.1) is 0 Å². The average Bonchev–Trinajstić information content (AvgIpc) is 2.30. The summed E-state index contributed by atoms with van der Waals surface area (Å²) in [7, 11) is 0. The summed E-state index contributed by atoms with van der Waals surface area (Å²) in [5.41, 5.74) is 1.51. The normalized spacial score (nSPS) is 12.5. The molecule has 0 bridgehead atoms. The quantitative estimate of drug-likeness (QED) is 0.603. The van der Waals surface area contributed by atoms with Crippen LogP contribution in [-0.2, 0) is 0 Å². The second-order valence-electron chi connectivity index (χ2n) is 4.71. The van der Waals surface area contributed by atoms with Gasteiger partial charge in [0.25, 0.3) is 5.69 Å². The molecule has 0 aromatic heterocycles. The van der Waals surface area contributed by atoms with Gasteiger partial charge < -0.3 is 10.4 Å². The summed E-state index contributed by atoms with van der Waals surface area (Å²) < 4.78 is 0. The molecule has 0 saturated heterocycles. The summed E-state index contributed by atoms with van der Waals surface area (Å²) in [6.45, 7) is 5.95. The molecule has 5 heteroatoms. The molecule has 0 amide bonds. The van der Waals surface area contributed by atoms with Gasteiger partial charge in [-0.1, -0.05) is 19.9 Å². The highest BCUT2D eigenvalue weighted by Crippen LogP contribution is 2.26. The van der Waals surface area contributed by atoms with E-state index in [0.29, 0.717) is 17.9 Å². The highest BCUT2D eigenvalue weighted by molar-refractivity contribution is 5.60. The Bertz CT molecular complexity index is 419. The van der Waals surface area contributed by atoms with Crippen LogP contribution in [0.1, 0.15) is 25.8 Å². The fourth-order valence-corrected chi connectivity index (χ4v) is 1.89. The van der Waals surface area contributed by atoms with Gasteiger partial charge in [0, 0.05) is 30.0 Å². The zero-order valence-corrected chi connectivity index (χ0v) is 11.0. The van der Waals surface area contributed by atoms with Gasteiger partial charge in [0.2, 0.25) is 0 Å². The highest BCUT2D eigenvalue weighted by Gasteiger charge is 2.17. The molecule has 100 valence electrons. The summed E-state index contributed by atoms with van der Waals surface area (Å²) in [6.07, 6.45) is 0.625. The average molecular weight is 252 g/mol. The van der Waals surface area contributed by atoms with Crippen LogP contribution in [0.3, 0.4) is 0 Å². The van der Waals surface area contributed by atoms with E-state index >= 15 is 0 Å². The summed E-state index contributed by atoms with van der Waals surface area (Å²) in [5.74, 6) is 0.343. The van der Waals surface area contributed by atoms with E-state index in [9.17, 15) is 10.1 Å². The molecular weight excluding hydrogens is 232 g/mol. The van der Waals surface area contributed by atoms with E-state index in [1.807, 2.05) is 6.07 Å². The number of aliphatic hydroxyl groups excluding tert-OH is 1. The van der Waals surface area contributed by atoms with Gasteiger partial charge in [-0.05, 0) is 25.3 Å². The Balaban J connectivity index is 2.96. The fraction of sp³-hybridized carbons (Fsp3) is 0.538. The predicted octanol–water partition coefficient (Wildman–Crippen LogP) is 2.72. The zero-order valence-electron chi connectivity index (χ0n) is 11.0. The Morgan fingerprint density at radius 2 is 2.11 bits per heavy atom. The lowest BCUT2D eigenvalue weighted by Crippen LogP contribution is -2.27. The number of hydrogen-bond acceptors (Lipinski definition) is 4. The maximum absolute atomic E-state index is 10.9. The summed E-state index contributed by atoms with van der Waals surface area (Å²) in [6, 6.07) is 5.10. The van der Waals surface area contributed by atoms with Crippen molar-refractivity contribution in [3.63, 3.8) is 0 Å². The van der Waals surface area contributed by atoms with Gasteiger partial charge in [0.1, 0.15) is 0 Å². The SMILES string of the molecule is Cc1c(NC(CCO)C(C)C)cccc1[N+](=O)[O-]. The third-order valence-corrected chi connectivity index (χ3v) is 3.09. The van der Waals surface area contributed by atoms with Crippen LogP contribution >= 0.6 is 0 Å². The molecule has 0 heterocycles. The molecule has 1 aromatic rings. The Kier molecular flexibility index (Phi) is 5.09. The first-order valence-corrected chi connectivity index (χ1v) is 6.08. The largest absolute Gasteiger partial charge is 0.396 e. The number of anilines is 1. The number of nitrogens with one attached hydrogen (secondary N) is 1. The lowest BCUT2D eigenvalue weighted by atomic mass is 10.00. The molecule has 0 fully saturated rings. The topological polar surface area (TPSA) is 75.4 Å². The smallest absolute Gasteiger partial charge is 0.274 e. The van der Waals surface area contributed by atoms with Crippen LogP contribution in [0.4, 0.5) is 11.4 Å². The van der Waals surface area contributed by atoms with Crippen LogP contribution in [-0.4, -0.2) is 22.7 Å². The molecule has 1 rings (SSSR count). The first-order chi connectivity index (χ1) is 8.47. The number of aliphatic hydroxyl groups is 1. The van der Waals surface area contributed by atoms with Crippen molar-refractivity contribution in [1.29, 1.82) is 0 Å². The molecule has 0 aliphatic rings. The number of nitro benzene ring substituents is 1. The molecule has 1 unspecified atom stereocenters. The summed E-state index contributed by atoms with van der Waals surface area (Å²) >= 11 is 0. The van der Waals surface area contributed by atoms with Gasteiger partial charge in [0.05, 0.1) is 4.92 Å². The van der Waals surface area contributed by atoms with E-state index in [0.717, 1.165) is 5.69 Å². The van der Waals surface area contributed by atoms with E-state index < -0.39 is 0 Å². The van der Waals surface area contributed by atoms with Crippen LogP contribution in [0, 0.1) is 23.0 Å². The van der Waals surface area contributed by atoms with Gasteiger partial charge >= 0.3 is 0 Å². The summed E-state index contributed by atoms with van der Waals surface area (Å²) in [4.78, 5) is 10.5. The van der Waals surface area contributed by atoms with Crippen molar-refractivity contribution in [2.45, 2.75) is 33.2 Å². The first kappa shape index (κ1) is 14.4. The Hall–Kier alpha value is -1.62. The summed E-state index contributed by atoms with van der Waals surface area (Å²) in [5, 5.41) is 23.2. The zero-order chi connectivity index (χ0) is 13.7. The molecule has 5 nitrogen and oxygen atoms in total. The number of hydrogen-bond donors (Lipinski definition) is 2. The van der Waals surface area contributed by atoms with E-state index in [1.54, 1.807) is 13.0 Å². The minimum atomic E-state index is -0.378. The lowest BCUT2D eigenvalue weighted by molar-refractivity contribution is -0.385. The molecular formula is C13H20N2O3. The van der Waals surface area contributed by atoms with Gasteiger partial charge in [-0.25, -0.2) is 0 Å². The van der Waals surface area contributed by atoms with Gasteiger partial charge in [0.15, 0.2) is 0 Å². The predicted molar refractivity (Wildman–Crippen MR) is 71.8 cm³/mol. The van der Waals surface area contributed by atoms with Crippen molar-refractivity contribution in [2.24, 2.45) is 5.92 Å². The van der Waals surface area contributed by atoms with Gasteiger partial charge in [-0.2, -0.15) is 0 Å². The maximum atomic E-state index is 10.9. The van der Waals surface area contributed by atoms with Crippen LogP contribution < -0.4 is 5.32 Å². The third-order valence-electron chi connectivity index (χ3n) is 3.09. The van der Waals surface area contributed by atoms with E-state index in [1.165, 1.54) is 6.07 Å². The van der Waals surface area contributed by atoms with Crippen molar-refractivity contribution < 1.29 is 10.0 Å². The number of rotatable bonds is 6. The Morgan fingerprint density at radius 1 is 1.44 bits per heavy atom. The number of benzene rings is 1. The highest BCUT2D eigenvalue weighted by atomic mass is 16.6. The van der Waals surface area contributed by atoms with Crippen LogP contribution in [0.25, 0.3) is 0 Å². The molecule has 0 aliphatic heterocycles. The number of nitro groups is 1. The van der Waals surface area contributed by atoms with Crippen molar-refractivity contribution in [3.8, 4) is 0 Å². The molecule has 1 aromatic carbocycles. The standard InChI is InChI=1S/C13H20N2O3/c1-9(2)11(7-8-16)14-12-5-4-6-13(10(12)3)15(17)18/h4-6,9,11,14,16H,7-8H2,1-3H3. The third kappa shape index (κ3) is 3.43. The number of nitrogens with zero attached hydrogens (tertiary/aromatic N) is 1. The molecule has 0 spiro atoms. The molecule has 0 saturated carbocycles. The molecule has 0 aliphatic carbocycles. The fourth-order valence-electron chi connectivity index (χ4n) is 1.89.